The molecule has 0 aliphatic heterocycles. The predicted molar refractivity (Wildman–Crippen MR) is 109 cm³/mol. The Balaban J connectivity index is 1.56. The maximum absolute atomic E-state index is 4.48. The summed E-state index contributed by atoms with van der Waals surface area (Å²) >= 11 is 0. The summed E-state index contributed by atoms with van der Waals surface area (Å²) in [7, 11) is 0. The van der Waals surface area contributed by atoms with E-state index >= 15 is 0 Å². The first-order chi connectivity index (χ1) is 13.8. The van der Waals surface area contributed by atoms with Gasteiger partial charge < -0.3 is 5.32 Å². The average Bonchev–Trinajstić information content (AvgIpc) is 3.22. The zero-order chi connectivity index (χ0) is 18.9. The van der Waals surface area contributed by atoms with Crippen molar-refractivity contribution in [2.24, 2.45) is 0 Å². The Morgan fingerprint density at radius 3 is 2.68 bits per heavy atom. The predicted octanol–water partition coefficient (Wildman–Crippen LogP) is 4.14. The highest BCUT2D eigenvalue weighted by atomic mass is 15.3. The molecule has 0 amide bonds. The van der Waals surface area contributed by atoms with Crippen molar-refractivity contribution in [3.8, 4) is 11.1 Å². The van der Waals surface area contributed by atoms with Crippen LogP contribution in [-0.2, 0) is 0 Å². The van der Waals surface area contributed by atoms with Gasteiger partial charge in [-0.2, -0.15) is 0 Å². The molecule has 0 aliphatic rings. The quantitative estimate of drug-likeness (QED) is 0.496. The first-order valence-corrected chi connectivity index (χ1v) is 9.01. The van der Waals surface area contributed by atoms with Crippen molar-refractivity contribution in [1.29, 1.82) is 0 Å². The van der Waals surface area contributed by atoms with E-state index in [1.807, 2.05) is 42.6 Å². The number of hydrogen-bond donors (Lipinski definition) is 2. The fourth-order valence-corrected chi connectivity index (χ4v) is 3.28. The van der Waals surface area contributed by atoms with E-state index in [2.05, 4.69) is 60.8 Å². The van der Waals surface area contributed by atoms with Crippen molar-refractivity contribution in [2.75, 3.05) is 5.32 Å². The Morgan fingerprint density at radius 2 is 1.79 bits per heavy atom. The van der Waals surface area contributed by atoms with Crippen molar-refractivity contribution in [2.45, 2.75) is 13.0 Å². The van der Waals surface area contributed by atoms with Crippen LogP contribution in [0, 0.1) is 0 Å². The van der Waals surface area contributed by atoms with Crippen LogP contribution < -0.4 is 5.32 Å². The van der Waals surface area contributed by atoms with E-state index in [1.165, 1.54) is 5.56 Å². The number of nitrogens with zero attached hydrogens (tertiary/aromatic N) is 5. The van der Waals surface area contributed by atoms with Crippen molar-refractivity contribution >= 4 is 27.9 Å². The van der Waals surface area contributed by atoms with Crippen LogP contribution in [0.25, 0.3) is 33.2 Å². The fourth-order valence-electron chi connectivity index (χ4n) is 3.28. The Morgan fingerprint density at radius 1 is 0.893 bits per heavy atom. The van der Waals surface area contributed by atoms with E-state index in [0.717, 1.165) is 33.4 Å². The van der Waals surface area contributed by atoms with Gasteiger partial charge in [0.25, 0.3) is 0 Å². The molecular weight excluding hydrogens is 350 g/mol. The summed E-state index contributed by atoms with van der Waals surface area (Å²) in [6.07, 6.45) is 3.40. The topological polar surface area (TPSA) is 92.3 Å². The normalized spacial score (nSPS) is 12.3. The third-order valence-electron chi connectivity index (χ3n) is 4.80. The summed E-state index contributed by atoms with van der Waals surface area (Å²) in [6, 6.07) is 18.5. The van der Waals surface area contributed by atoms with Crippen molar-refractivity contribution < 1.29 is 0 Å². The molecule has 3 aromatic heterocycles. The number of pyridine rings is 1. The number of fused-ring (bicyclic) bond motifs is 2. The number of aromatic amines is 1. The lowest BCUT2D eigenvalue weighted by Crippen LogP contribution is -2.08. The third-order valence-corrected chi connectivity index (χ3v) is 4.80. The van der Waals surface area contributed by atoms with E-state index in [-0.39, 0.29) is 6.04 Å². The lowest BCUT2D eigenvalue weighted by molar-refractivity contribution is 0.876. The van der Waals surface area contributed by atoms with Gasteiger partial charge in [0.2, 0.25) is 0 Å². The van der Waals surface area contributed by atoms with Crippen LogP contribution in [0.4, 0.5) is 5.82 Å². The number of hydrogen-bond acceptors (Lipinski definition) is 6. The highest BCUT2D eigenvalue weighted by Gasteiger charge is 2.11. The van der Waals surface area contributed by atoms with Crippen LogP contribution in [0.3, 0.4) is 0 Å². The Kier molecular flexibility index (Phi) is 3.90. The van der Waals surface area contributed by atoms with E-state index in [0.29, 0.717) is 5.65 Å². The molecule has 0 radical (unpaired) electrons. The summed E-state index contributed by atoms with van der Waals surface area (Å²) < 4.78 is 0. The number of benzene rings is 2. The molecule has 0 spiro atoms. The molecule has 7 heteroatoms. The molecule has 136 valence electrons. The Hall–Kier alpha value is -3.87. The smallest absolute Gasteiger partial charge is 0.175 e. The summed E-state index contributed by atoms with van der Waals surface area (Å²) in [5.74, 6) is 0.804. The van der Waals surface area contributed by atoms with Gasteiger partial charge in [-0.1, -0.05) is 41.6 Å². The van der Waals surface area contributed by atoms with Crippen LogP contribution in [-0.4, -0.2) is 30.4 Å². The molecule has 0 aliphatic carbocycles. The molecule has 1 atom stereocenters. The zero-order valence-electron chi connectivity index (χ0n) is 15.2. The number of anilines is 1. The molecule has 3 heterocycles. The van der Waals surface area contributed by atoms with Gasteiger partial charge in [0.15, 0.2) is 5.65 Å². The second kappa shape index (κ2) is 6.70. The Bertz CT molecular complexity index is 1260. The van der Waals surface area contributed by atoms with E-state index in [4.69, 9.17) is 0 Å². The van der Waals surface area contributed by atoms with E-state index in [9.17, 15) is 0 Å². The van der Waals surface area contributed by atoms with Gasteiger partial charge in [-0.15, -0.1) is 5.10 Å². The maximum Gasteiger partial charge on any atom is 0.175 e. The van der Waals surface area contributed by atoms with Crippen LogP contribution >= 0.6 is 0 Å². The van der Waals surface area contributed by atoms with Gasteiger partial charge in [0, 0.05) is 23.2 Å². The monoisotopic (exact) mass is 367 g/mol. The minimum atomic E-state index is 0.121. The molecule has 5 rings (SSSR count). The number of rotatable bonds is 4. The van der Waals surface area contributed by atoms with Gasteiger partial charge in [0.05, 0.1) is 5.52 Å². The molecular formula is C21H17N7. The van der Waals surface area contributed by atoms with Crippen molar-refractivity contribution in [3.63, 3.8) is 0 Å². The first kappa shape index (κ1) is 16.3. The summed E-state index contributed by atoms with van der Waals surface area (Å²) in [5, 5.41) is 15.1. The van der Waals surface area contributed by atoms with Crippen LogP contribution in [0.15, 0.2) is 67.1 Å². The third kappa shape index (κ3) is 2.92. The summed E-state index contributed by atoms with van der Waals surface area (Å²) in [4.78, 5) is 13.3. The average molecular weight is 367 g/mol. The molecule has 0 fully saturated rings. The fraction of sp³-hybridized carbons (Fsp3) is 0.0952. The van der Waals surface area contributed by atoms with Gasteiger partial charge in [-0.25, -0.2) is 20.1 Å². The lowest BCUT2D eigenvalue weighted by atomic mass is 10.0. The molecule has 5 aromatic rings. The minimum Gasteiger partial charge on any atom is -0.363 e. The highest BCUT2D eigenvalue weighted by Crippen LogP contribution is 2.29. The number of H-pyrrole nitrogens is 1. The molecule has 2 aromatic carbocycles. The minimum absolute atomic E-state index is 0.121. The van der Waals surface area contributed by atoms with E-state index < -0.39 is 0 Å². The molecule has 1 unspecified atom stereocenters. The van der Waals surface area contributed by atoms with Gasteiger partial charge in [-0.05, 0) is 36.2 Å². The van der Waals surface area contributed by atoms with Crippen LogP contribution in [0.1, 0.15) is 18.5 Å². The molecule has 7 nitrogen and oxygen atoms in total. The second-order valence-corrected chi connectivity index (χ2v) is 6.63. The first-order valence-electron chi connectivity index (χ1n) is 9.01. The number of aromatic nitrogens is 6. The highest BCUT2D eigenvalue weighted by molar-refractivity contribution is 5.93. The maximum atomic E-state index is 4.48. The van der Waals surface area contributed by atoms with Gasteiger partial charge in [0.1, 0.15) is 17.7 Å². The van der Waals surface area contributed by atoms with Gasteiger partial charge in [-0.3, -0.25) is 0 Å². The van der Waals surface area contributed by atoms with Gasteiger partial charge >= 0.3 is 0 Å². The molecule has 0 bridgehead atoms. The van der Waals surface area contributed by atoms with Crippen LogP contribution in [0.5, 0.6) is 0 Å². The standard InChI is InChI=1S/C21H17N7/c1-13(14-5-3-2-4-6-14)25-20-17-9-15(7-8-18(17)23-12-24-20)16-10-19-21(22-11-16)27-28-26-19/h2-13H,1H3,(H,23,24,25)(H,22,26,27,28). The zero-order valence-corrected chi connectivity index (χ0v) is 15.2. The van der Waals surface area contributed by atoms with E-state index in [1.54, 1.807) is 6.33 Å². The molecule has 0 saturated carbocycles. The molecule has 2 N–H and O–H groups in total. The lowest BCUT2D eigenvalue weighted by Gasteiger charge is -2.16. The summed E-state index contributed by atoms with van der Waals surface area (Å²) in [6.45, 7) is 2.12. The Labute approximate surface area is 160 Å². The van der Waals surface area contributed by atoms with Crippen molar-refractivity contribution in [3.05, 3.63) is 72.7 Å². The largest absolute Gasteiger partial charge is 0.363 e. The second-order valence-electron chi connectivity index (χ2n) is 6.63. The molecule has 28 heavy (non-hydrogen) atoms. The van der Waals surface area contributed by atoms with Crippen molar-refractivity contribution in [1.82, 2.24) is 30.4 Å². The molecule has 0 saturated heterocycles. The summed E-state index contributed by atoms with van der Waals surface area (Å²) in [5.41, 5.74) is 5.48. The number of nitrogens with one attached hydrogen (secondary N) is 2. The SMILES string of the molecule is CC(Nc1ncnc2ccc(-c3cnc4[nH]nnc4c3)cc12)c1ccccc1. The van der Waals surface area contributed by atoms with Crippen LogP contribution in [0.2, 0.25) is 0 Å².